The summed E-state index contributed by atoms with van der Waals surface area (Å²) in [6.45, 7) is 3.32. The molecule has 0 saturated carbocycles. The van der Waals surface area contributed by atoms with Crippen LogP contribution in [0.25, 0.3) is 9.88 Å². The van der Waals surface area contributed by atoms with Gasteiger partial charge >= 0.3 is 0 Å². The number of ether oxygens (including phenoxy) is 1. The molecule has 0 atom stereocenters. The van der Waals surface area contributed by atoms with E-state index in [1.807, 2.05) is 41.8 Å². The van der Waals surface area contributed by atoms with Crippen LogP contribution in [-0.4, -0.2) is 37.2 Å². The van der Waals surface area contributed by atoms with Crippen LogP contribution in [0.3, 0.4) is 0 Å². The lowest BCUT2D eigenvalue weighted by atomic mass is 10.2. The van der Waals surface area contributed by atoms with E-state index in [1.165, 1.54) is 11.3 Å². The summed E-state index contributed by atoms with van der Waals surface area (Å²) in [5, 5.41) is 5.82. The van der Waals surface area contributed by atoms with Crippen molar-refractivity contribution in [2.24, 2.45) is 0 Å². The van der Waals surface area contributed by atoms with Crippen molar-refractivity contribution in [3.05, 3.63) is 52.9 Å². The largest absolute Gasteiger partial charge is 0.378 e. The van der Waals surface area contributed by atoms with E-state index in [2.05, 4.69) is 15.2 Å². The number of morpholine rings is 1. The van der Waals surface area contributed by atoms with Gasteiger partial charge in [-0.05, 0) is 35.7 Å². The van der Waals surface area contributed by atoms with E-state index in [-0.39, 0.29) is 5.91 Å². The van der Waals surface area contributed by atoms with E-state index in [9.17, 15) is 4.79 Å². The fourth-order valence-electron chi connectivity index (χ4n) is 2.66. The lowest BCUT2D eigenvalue weighted by molar-refractivity contribution is 0.103. The van der Waals surface area contributed by atoms with Crippen molar-refractivity contribution in [2.75, 3.05) is 36.5 Å². The Morgan fingerprint density at radius 1 is 1.16 bits per heavy atom. The molecule has 3 heterocycles. The minimum Gasteiger partial charge on any atom is -0.378 e. The van der Waals surface area contributed by atoms with Crippen molar-refractivity contribution < 1.29 is 9.53 Å². The number of carbonyl (C=O) groups excluding carboxylic acids is 1. The Labute approximate surface area is 153 Å². The summed E-state index contributed by atoms with van der Waals surface area (Å²) in [5.41, 5.74) is 1.94. The van der Waals surface area contributed by atoms with E-state index in [0.29, 0.717) is 4.88 Å². The van der Waals surface area contributed by atoms with Gasteiger partial charge in [0.2, 0.25) is 0 Å². The zero-order valence-electron chi connectivity index (χ0n) is 13.5. The van der Waals surface area contributed by atoms with Crippen LogP contribution in [0.15, 0.2) is 48.0 Å². The number of hydrogen-bond donors (Lipinski definition) is 1. The number of nitrogens with one attached hydrogen (secondary N) is 1. The first-order chi connectivity index (χ1) is 12.3. The highest BCUT2D eigenvalue weighted by Gasteiger charge is 2.14. The molecule has 5 nitrogen and oxygen atoms in total. The number of benzene rings is 1. The van der Waals surface area contributed by atoms with E-state index >= 15 is 0 Å². The lowest BCUT2D eigenvalue weighted by Gasteiger charge is -2.28. The van der Waals surface area contributed by atoms with Crippen LogP contribution in [-0.2, 0) is 4.74 Å². The zero-order chi connectivity index (χ0) is 17.1. The number of hydrogen-bond acceptors (Lipinski definition) is 6. The van der Waals surface area contributed by atoms with Gasteiger partial charge in [0, 0.05) is 24.5 Å². The lowest BCUT2D eigenvalue weighted by Crippen LogP contribution is -2.36. The molecule has 128 valence electrons. The van der Waals surface area contributed by atoms with Gasteiger partial charge in [-0.25, -0.2) is 4.98 Å². The average molecular weight is 371 g/mol. The molecule has 0 unspecified atom stereocenters. The summed E-state index contributed by atoms with van der Waals surface area (Å²) in [5.74, 6) is -0.126. The van der Waals surface area contributed by atoms with E-state index in [1.54, 1.807) is 17.5 Å². The molecule has 1 fully saturated rings. The van der Waals surface area contributed by atoms with Crippen molar-refractivity contribution in [1.29, 1.82) is 0 Å². The molecule has 0 radical (unpaired) electrons. The van der Waals surface area contributed by atoms with Gasteiger partial charge in [-0.1, -0.05) is 6.07 Å². The highest BCUT2D eigenvalue weighted by molar-refractivity contribution is 7.22. The first-order valence-corrected chi connectivity index (χ1v) is 9.73. The van der Waals surface area contributed by atoms with E-state index in [4.69, 9.17) is 4.74 Å². The first kappa shape index (κ1) is 16.3. The van der Waals surface area contributed by atoms with Gasteiger partial charge in [0.1, 0.15) is 9.88 Å². The Kier molecular flexibility index (Phi) is 4.78. The van der Waals surface area contributed by atoms with Gasteiger partial charge < -0.3 is 15.0 Å². The summed E-state index contributed by atoms with van der Waals surface area (Å²) < 4.78 is 5.37. The fourth-order valence-corrected chi connectivity index (χ4v) is 4.28. The molecular formula is C18H17N3O2S2. The second kappa shape index (κ2) is 7.35. The predicted octanol–water partition coefficient (Wildman–Crippen LogP) is 3.96. The number of rotatable bonds is 4. The van der Waals surface area contributed by atoms with Crippen LogP contribution in [0.5, 0.6) is 0 Å². The third-order valence-corrected chi connectivity index (χ3v) is 6.00. The third kappa shape index (κ3) is 3.73. The number of amides is 1. The minimum absolute atomic E-state index is 0.126. The molecule has 2 aromatic heterocycles. The summed E-state index contributed by atoms with van der Waals surface area (Å²) in [6.07, 6.45) is 1.64. The maximum absolute atomic E-state index is 12.4. The van der Waals surface area contributed by atoms with Crippen LogP contribution in [0.1, 0.15) is 9.67 Å². The first-order valence-electron chi connectivity index (χ1n) is 8.03. The van der Waals surface area contributed by atoms with Gasteiger partial charge in [0.15, 0.2) is 0 Å². The molecule has 0 aliphatic carbocycles. The molecule has 1 saturated heterocycles. The van der Waals surface area contributed by atoms with Crippen LogP contribution >= 0.6 is 22.7 Å². The molecule has 0 spiro atoms. The van der Waals surface area contributed by atoms with Gasteiger partial charge in [-0.2, -0.15) is 0 Å². The summed E-state index contributed by atoms with van der Waals surface area (Å²) >= 11 is 3.03. The van der Waals surface area contributed by atoms with Gasteiger partial charge in [0.05, 0.1) is 24.3 Å². The Bertz CT molecular complexity index is 838. The normalized spacial score (nSPS) is 14.5. The molecule has 1 aliphatic heterocycles. The van der Waals surface area contributed by atoms with Crippen molar-refractivity contribution in [2.45, 2.75) is 0 Å². The fraction of sp³-hybridized carbons (Fsp3) is 0.222. The second-order valence-corrected chi connectivity index (χ2v) is 7.59. The van der Waals surface area contributed by atoms with Crippen molar-refractivity contribution >= 4 is 40.0 Å². The molecule has 4 rings (SSSR count). The average Bonchev–Trinajstić information content (AvgIpc) is 3.35. The molecule has 25 heavy (non-hydrogen) atoms. The number of anilines is 2. The summed E-state index contributed by atoms with van der Waals surface area (Å²) in [6, 6.07) is 11.9. The summed E-state index contributed by atoms with van der Waals surface area (Å²) in [4.78, 5) is 20.7. The maximum atomic E-state index is 12.4. The van der Waals surface area contributed by atoms with Gasteiger partial charge in [-0.3, -0.25) is 4.79 Å². The van der Waals surface area contributed by atoms with Crippen molar-refractivity contribution in [3.63, 3.8) is 0 Å². The number of thiazole rings is 1. The quantitative estimate of drug-likeness (QED) is 0.754. The maximum Gasteiger partial charge on any atom is 0.267 e. The number of thiophene rings is 1. The van der Waals surface area contributed by atoms with E-state index < -0.39 is 0 Å². The van der Waals surface area contributed by atoms with Crippen molar-refractivity contribution in [1.82, 2.24) is 4.98 Å². The Hall–Kier alpha value is -2.22. The highest BCUT2D eigenvalue weighted by atomic mass is 32.1. The van der Waals surface area contributed by atoms with E-state index in [0.717, 1.165) is 47.6 Å². The monoisotopic (exact) mass is 371 g/mol. The second-order valence-electron chi connectivity index (χ2n) is 5.61. The van der Waals surface area contributed by atoms with Gasteiger partial charge in [-0.15, -0.1) is 22.7 Å². The molecule has 1 N–H and O–H groups in total. The van der Waals surface area contributed by atoms with Gasteiger partial charge in [0.25, 0.3) is 5.91 Å². The molecule has 0 bridgehead atoms. The molecule has 7 heteroatoms. The van der Waals surface area contributed by atoms with Crippen LogP contribution in [0, 0.1) is 0 Å². The molecular weight excluding hydrogens is 354 g/mol. The van der Waals surface area contributed by atoms with Crippen molar-refractivity contribution in [3.8, 4) is 9.88 Å². The molecule has 3 aromatic rings. The SMILES string of the molecule is O=C(Nc1ccc(N2CCOCC2)cc1)c1cnc(-c2cccs2)s1. The Morgan fingerprint density at radius 2 is 1.96 bits per heavy atom. The third-order valence-electron chi connectivity index (χ3n) is 3.96. The molecule has 1 amide bonds. The predicted molar refractivity (Wildman–Crippen MR) is 103 cm³/mol. The number of aromatic nitrogens is 1. The van der Waals surface area contributed by atoms with Crippen LogP contribution in [0.2, 0.25) is 0 Å². The smallest absolute Gasteiger partial charge is 0.267 e. The summed E-state index contributed by atoms with van der Waals surface area (Å²) in [7, 11) is 0. The number of nitrogens with zero attached hydrogens (tertiary/aromatic N) is 2. The molecule has 1 aromatic carbocycles. The Balaban J connectivity index is 1.42. The number of carbonyl (C=O) groups is 1. The van der Waals surface area contributed by atoms with Crippen LogP contribution in [0.4, 0.5) is 11.4 Å². The standard InChI is InChI=1S/C18H17N3O2S2/c22-17(16-12-19-18(25-16)15-2-1-11-24-15)20-13-3-5-14(6-4-13)21-7-9-23-10-8-21/h1-6,11-12H,7-10H2,(H,20,22). The zero-order valence-corrected chi connectivity index (χ0v) is 15.1. The Morgan fingerprint density at radius 3 is 2.68 bits per heavy atom. The van der Waals surface area contributed by atoms with Crippen LogP contribution < -0.4 is 10.2 Å². The molecule has 1 aliphatic rings. The topological polar surface area (TPSA) is 54.5 Å². The highest BCUT2D eigenvalue weighted by Crippen LogP contribution is 2.29. The minimum atomic E-state index is -0.126.